The van der Waals surface area contributed by atoms with Gasteiger partial charge in [-0.25, -0.2) is 4.68 Å². The minimum absolute atomic E-state index is 0.146. The first-order valence-electron chi connectivity index (χ1n) is 9.88. The molecule has 0 atom stereocenters. The van der Waals surface area contributed by atoms with Gasteiger partial charge in [0.25, 0.3) is 5.91 Å². The minimum atomic E-state index is -0.243. The van der Waals surface area contributed by atoms with E-state index in [-0.39, 0.29) is 18.2 Å². The fourth-order valence-electron chi connectivity index (χ4n) is 3.26. The highest BCUT2D eigenvalue weighted by Gasteiger charge is 2.18. The summed E-state index contributed by atoms with van der Waals surface area (Å²) in [6.45, 7) is 6.37. The van der Waals surface area contributed by atoms with E-state index in [1.165, 1.54) is 0 Å². The number of carbonyl (C=O) groups is 2. The molecule has 7 heteroatoms. The van der Waals surface area contributed by atoms with Gasteiger partial charge < -0.3 is 10.6 Å². The number of anilines is 1. The summed E-state index contributed by atoms with van der Waals surface area (Å²) in [5, 5.41) is 10.7. The normalized spacial score (nSPS) is 10.7. The van der Waals surface area contributed by atoms with E-state index in [0.29, 0.717) is 22.8 Å². The number of nitrogens with one attached hydrogen (secondary N) is 2. The molecule has 2 aromatic carbocycles. The summed E-state index contributed by atoms with van der Waals surface area (Å²) in [4.78, 5) is 25.2. The fourth-order valence-corrected chi connectivity index (χ4v) is 3.43. The molecule has 0 spiro atoms. The molecule has 2 N–H and O–H groups in total. The van der Waals surface area contributed by atoms with E-state index < -0.39 is 0 Å². The fraction of sp³-hybridized carbons (Fsp3) is 0.261. The number of hydrogen-bond acceptors (Lipinski definition) is 3. The third kappa shape index (κ3) is 4.89. The highest BCUT2D eigenvalue weighted by atomic mass is 35.5. The molecular weight excluding hydrogens is 400 g/mol. The van der Waals surface area contributed by atoms with Gasteiger partial charge in [0.1, 0.15) is 0 Å². The Morgan fingerprint density at radius 1 is 1.10 bits per heavy atom. The molecule has 2 amide bonds. The summed E-state index contributed by atoms with van der Waals surface area (Å²) in [5.41, 5.74) is 4.27. The van der Waals surface area contributed by atoms with Crippen LogP contribution in [-0.2, 0) is 11.2 Å². The number of para-hydroxylation sites is 1. The van der Waals surface area contributed by atoms with Gasteiger partial charge in [0.2, 0.25) is 5.91 Å². The monoisotopic (exact) mass is 424 g/mol. The van der Waals surface area contributed by atoms with Crippen LogP contribution in [0, 0.1) is 13.8 Å². The molecule has 0 aliphatic carbocycles. The summed E-state index contributed by atoms with van der Waals surface area (Å²) in [6.07, 6.45) is 0.970. The van der Waals surface area contributed by atoms with E-state index in [2.05, 4.69) is 15.7 Å². The number of nitrogens with zero attached hydrogens (tertiary/aromatic N) is 2. The molecule has 6 nitrogen and oxygen atoms in total. The number of hydrogen-bond donors (Lipinski definition) is 2. The van der Waals surface area contributed by atoms with Gasteiger partial charge in [-0.2, -0.15) is 5.10 Å². The number of amides is 2. The second-order valence-corrected chi connectivity index (χ2v) is 7.50. The number of aromatic nitrogens is 2. The lowest BCUT2D eigenvalue weighted by molar-refractivity contribution is -0.115. The molecule has 0 radical (unpaired) electrons. The van der Waals surface area contributed by atoms with Crippen molar-refractivity contribution in [3.05, 3.63) is 76.1 Å². The van der Waals surface area contributed by atoms with E-state index in [1.54, 1.807) is 18.2 Å². The molecule has 0 aliphatic rings. The molecular formula is C23H25ClN4O2. The molecule has 1 heterocycles. The van der Waals surface area contributed by atoms with Crippen LogP contribution in [0.2, 0.25) is 5.02 Å². The van der Waals surface area contributed by atoms with Crippen LogP contribution in [0.1, 0.15) is 40.7 Å². The molecule has 0 bridgehead atoms. The highest BCUT2D eigenvalue weighted by Crippen LogP contribution is 2.23. The Morgan fingerprint density at radius 3 is 2.53 bits per heavy atom. The van der Waals surface area contributed by atoms with Gasteiger partial charge in [0.15, 0.2) is 0 Å². The van der Waals surface area contributed by atoms with Crippen molar-refractivity contribution in [2.75, 3.05) is 11.9 Å². The summed E-state index contributed by atoms with van der Waals surface area (Å²) >= 11 is 6.09. The average Bonchev–Trinajstić information content (AvgIpc) is 3.01. The largest absolute Gasteiger partial charge is 0.352 e. The molecule has 0 fully saturated rings. The lowest BCUT2D eigenvalue weighted by atomic mass is 10.1. The van der Waals surface area contributed by atoms with Crippen LogP contribution in [0.5, 0.6) is 0 Å². The smallest absolute Gasteiger partial charge is 0.253 e. The lowest BCUT2D eigenvalue weighted by Crippen LogP contribution is -2.26. The van der Waals surface area contributed by atoms with E-state index in [4.69, 9.17) is 11.6 Å². The molecule has 3 rings (SSSR count). The molecule has 0 saturated heterocycles. The lowest BCUT2D eigenvalue weighted by Gasteiger charge is -2.12. The van der Waals surface area contributed by atoms with Crippen LogP contribution in [0.15, 0.2) is 48.5 Å². The third-order valence-electron chi connectivity index (χ3n) is 4.82. The Balaban J connectivity index is 1.81. The van der Waals surface area contributed by atoms with Gasteiger partial charge in [-0.05, 0) is 50.6 Å². The summed E-state index contributed by atoms with van der Waals surface area (Å²) < 4.78 is 1.83. The van der Waals surface area contributed by atoms with Gasteiger partial charge in [0, 0.05) is 22.8 Å². The van der Waals surface area contributed by atoms with E-state index >= 15 is 0 Å². The molecule has 30 heavy (non-hydrogen) atoms. The van der Waals surface area contributed by atoms with Crippen molar-refractivity contribution in [3.63, 3.8) is 0 Å². The van der Waals surface area contributed by atoms with Gasteiger partial charge in [-0.3, -0.25) is 9.59 Å². The van der Waals surface area contributed by atoms with Crippen molar-refractivity contribution in [2.24, 2.45) is 0 Å². The average molecular weight is 425 g/mol. The first-order chi connectivity index (χ1) is 14.4. The summed E-state index contributed by atoms with van der Waals surface area (Å²) in [6, 6.07) is 14.6. The summed E-state index contributed by atoms with van der Waals surface area (Å²) in [5.74, 6) is -0.478. The molecule has 1 aromatic heterocycles. The Morgan fingerprint density at radius 2 is 1.83 bits per heavy atom. The standard InChI is InChI=1S/C23H25ClN4O2/c1-4-12-25-23(30)19-11-10-17(24)13-21(19)26-22(29)14-20-15(2)27-28(16(20)3)18-8-6-5-7-9-18/h5-11,13H,4,12,14H2,1-3H3,(H,25,30)(H,26,29). The van der Waals surface area contributed by atoms with Crippen LogP contribution in [-0.4, -0.2) is 28.1 Å². The zero-order valence-corrected chi connectivity index (χ0v) is 18.1. The third-order valence-corrected chi connectivity index (χ3v) is 5.05. The molecule has 156 valence electrons. The van der Waals surface area contributed by atoms with Crippen molar-refractivity contribution in [3.8, 4) is 5.69 Å². The Kier molecular flexibility index (Phi) is 6.90. The van der Waals surface area contributed by atoms with Crippen molar-refractivity contribution < 1.29 is 9.59 Å². The number of aryl methyl sites for hydroxylation is 1. The first-order valence-corrected chi connectivity index (χ1v) is 10.3. The maximum atomic E-state index is 12.8. The Hall–Kier alpha value is -3.12. The van der Waals surface area contributed by atoms with Crippen LogP contribution in [0.25, 0.3) is 5.69 Å². The van der Waals surface area contributed by atoms with Crippen molar-refractivity contribution in [2.45, 2.75) is 33.6 Å². The quantitative estimate of drug-likeness (QED) is 0.587. The Labute approximate surface area is 181 Å². The van der Waals surface area contributed by atoms with E-state index in [0.717, 1.165) is 29.1 Å². The number of rotatable bonds is 7. The zero-order valence-electron chi connectivity index (χ0n) is 17.3. The molecule has 0 aliphatic heterocycles. The summed E-state index contributed by atoms with van der Waals surface area (Å²) in [7, 11) is 0. The minimum Gasteiger partial charge on any atom is -0.352 e. The second-order valence-electron chi connectivity index (χ2n) is 7.07. The Bertz CT molecular complexity index is 1060. The van der Waals surface area contributed by atoms with Crippen LogP contribution in [0.4, 0.5) is 5.69 Å². The maximum Gasteiger partial charge on any atom is 0.253 e. The highest BCUT2D eigenvalue weighted by molar-refractivity contribution is 6.31. The van der Waals surface area contributed by atoms with E-state index in [9.17, 15) is 9.59 Å². The molecule has 0 saturated carbocycles. The molecule has 0 unspecified atom stereocenters. The predicted molar refractivity (Wildman–Crippen MR) is 119 cm³/mol. The predicted octanol–water partition coefficient (Wildman–Crippen LogP) is 4.46. The van der Waals surface area contributed by atoms with Gasteiger partial charge in [-0.1, -0.05) is 36.7 Å². The van der Waals surface area contributed by atoms with Crippen LogP contribution >= 0.6 is 11.6 Å². The van der Waals surface area contributed by atoms with Gasteiger partial charge in [0.05, 0.1) is 29.1 Å². The van der Waals surface area contributed by atoms with Crippen molar-refractivity contribution in [1.82, 2.24) is 15.1 Å². The van der Waals surface area contributed by atoms with E-state index in [1.807, 2.05) is 55.8 Å². The van der Waals surface area contributed by atoms with Crippen LogP contribution in [0.3, 0.4) is 0 Å². The van der Waals surface area contributed by atoms with Crippen molar-refractivity contribution in [1.29, 1.82) is 0 Å². The number of carbonyl (C=O) groups excluding carboxylic acids is 2. The second kappa shape index (κ2) is 9.59. The number of benzene rings is 2. The number of halogens is 1. The van der Waals surface area contributed by atoms with Gasteiger partial charge >= 0.3 is 0 Å². The topological polar surface area (TPSA) is 76.0 Å². The molecule has 3 aromatic rings. The van der Waals surface area contributed by atoms with Crippen LogP contribution < -0.4 is 10.6 Å². The SMILES string of the molecule is CCCNC(=O)c1ccc(Cl)cc1NC(=O)Cc1c(C)nn(-c2ccccc2)c1C. The maximum absolute atomic E-state index is 12.8. The van der Waals surface area contributed by atoms with Crippen molar-refractivity contribution >= 4 is 29.1 Å². The first kappa shape index (κ1) is 21.6. The zero-order chi connectivity index (χ0) is 21.7. The van der Waals surface area contributed by atoms with Gasteiger partial charge in [-0.15, -0.1) is 0 Å².